The minimum Gasteiger partial charge on any atom is -0.330 e. The second-order valence-corrected chi connectivity index (χ2v) is 2.89. The van der Waals surface area contributed by atoms with Gasteiger partial charge in [-0.05, 0) is 0 Å². The molecule has 0 bridgehead atoms. The highest BCUT2D eigenvalue weighted by atomic mass is 19.4. The minimum absolute atomic E-state index is 0.0805. The van der Waals surface area contributed by atoms with Crippen LogP contribution in [-0.2, 0) is 9.59 Å². The Morgan fingerprint density at radius 2 is 2.12 bits per heavy atom. The Hall–Kier alpha value is -2.19. The number of Topliss-reactive ketones (excluding diaryl/α,β-unsaturated/α-hetero) is 2. The fourth-order valence-corrected chi connectivity index (χ4v) is 0.845. The van der Waals surface area contributed by atoms with E-state index >= 15 is 0 Å². The van der Waals surface area contributed by atoms with Crippen LogP contribution in [0.15, 0.2) is 17.5 Å². The molecule has 0 aliphatic rings. The Bertz CT molecular complexity index is 450. The molecule has 1 aromatic heterocycles. The van der Waals surface area contributed by atoms with E-state index in [4.69, 9.17) is 0 Å². The number of rotatable bonds is 4. The summed E-state index contributed by atoms with van der Waals surface area (Å²) >= 11 is 0. The molecule has 0 radical (unpaired) electrons. The number of alkyl halides is 3. The predicted molar refractivity (Wildman–Crippen MR) is 51.4 cm³/mol. The summed E-state index contributed by atoms with van der Waals surface area (Å²) in [5.74, 6) is -3.04. The first-order valence-corrected chi connectivity index (χ1v) is 4.28. The molecule has 0 atom stereocenters. The molecule has 0 unspecified atom stereocenters. The molecule has 0 saturated heterocycles. The molecule has 0 saturated carbocycles. The highest BCUT2D eigenvalue weighted by Crippen LogP contribution is 2.18. The smallest absolute Gasteiger partial charge is 0.330 e. The van der Waals surface area contributed by atoms with E-state index in [2.05, 4.69) is 15.1 Å². The third-order valence-electron chi connectivity index (χ3n) is 1.58. The highest BCUT2D eigenvalue weighted by Gasteiger charge is 2.42. The molecule has 9 heteroatoms. The van der Waals surface area contributed by atoms with Gasteiger partial charge in [-0.2, -0.15) is 18.3 Å². The molecule has 17 heavy (non-hydrogen) atoms. The van der Waals surface area contributed by atoms with Crippen molar-refractivity contribution in [2.45, 2.75) is 13.1 Å². The molecule has 0 amide bonds. The fourth-order valence-electron chi connectivity index (χ4n) is 0.845. The maximum Gasteiger partial charge on any atom is 0.439 e. The lowest BCUT2D eigenvalue weighted by Gasteiger charge is -2.07. The second-order valence-electron chi connectivity index (χ2n) is 2.89. The van der Waals surface area contributed by atoms with Gasteiger partial charge in [0.1, 0.15) is 0 Å². The van der Waals surface area contributed by atoms with Gasteiger partial charge in [-0.25, -0.2) is 10.4 Å². The van der Waals surface area contributed by atoms with Gasteiger partial charge in [-0.1, -0.05) is 0 Å². The number of hydrogen-bond acceptors (Lipinski definition) is 5. The van der Waals surface area contributed by atoms with Crippen molar-refractivity contribution < 1.29 is 22.8 Å². The van der Waals surface area contributed by atoms with E-state index in [1.165, 1.54) is 12.4 Å². The summed E-state index contributed by atoms with van der Waals surface area (Å²) in [6.07, 6.45) is -2.39. The van der Waals surface area contributed by atoms with Crippen LogP contribution in [0.3, 0.4) is 0 Å². The summed E-state index contributed by atoms with van der Waals surface area (Å²) in [6, 6.07) is 0. The second kappa shape index (κ2) is 4.76. The van der Waals surface area contributed by atoms with E-state index in [-0.39, 0.29) is 5.95 Å². The van der Waals surface area contributed by atoms with Crippen molar-refractivity contribution in [3.63, 3.8) is 0 Å². The Balaban J connectivity index is 2.95. The highest BCUT2D eigenvalue weighted by molar-refractivity contribution is 6.66. The number of aromatic nitrogens is 2. The number of aromatic amines is 1. The first-order valence-electron chi connectivity index (χ1n) is 4.28. The van der Waals surface area contributed by atoms with Gasteiger partial charge in [0.2, 0.25) is 17.4 Å². The largest absolute Gasteiger partial charge is 0.439 e. The van der Waals surface area contributed by atoms with Crippen LogP contribution in [0.1, 0.15) is 6.92 Å². The van der Waals surface area contributed by atoms with Crippen molar-refractivity contribution in [2.75, 3.05) is 5.43 Å². The number of imidazole rings is 1. The molecule has 0 spiro atoms. The predicted octanol–water partition coefficient (Wildman–Crippen LogP) is 0.898. The van der Waals surface area contributed by atoms with Gasteiger partial charge in [0.25, 0.3) is 5.78 Å². The number of H-pyrrole nitrogens is 1. The van der Waals surface area contributed by atoms with Crippen LogP contribution in [0.2, 0.25) is 0 Å². The van der Waals surface area contributed by atoms with E-state index in [0.717, 1.165) is 6.92 Å². The van der Waals surface area contributed by atoms with E-state index in [0.29, 0.717) is 0 Å². The summed E-state index contributed by atoms with van der Waals surface area (Å²) in [4.78, 5) is 27.5. The molecule has 0 fully saturated rings. The molecule has 0 aliphatic heterocycles. The zero-order valence-corrected chi connectivity index (χ0v) is 8.50. The zero-order chi connectivity index (χ0) is 13.1. The lowest BCUT2D eigenvalue weighted by molar-refractivity contribution is -0.133. The van der Waals surface area contributed by atoms with Gasteiger partial charge >= 0.3 is 6.18 Å². The molecule has 92 valence electrons. The van der Waals surface area contributed by atoms with Crippen LogP contribution in [0.4, 0.5) is 19.1 Å². The number of ketones is 2. The van der Waals surface area contributed by atoms with Crippen molar-refractivity contribution in [1.82, 2.24) is 9.97 Å². The lowest BCUT2D eigenvalue weighted by atomic mass is 10.2. The Morgan fingerprint density at radius 1 is 1.47 bits per heavy atom. The van der Waals surface area contributed by atoms with Crippen molar-refractivity contribution in [2.24, 2.45) is 5.10 Å². The van der Waals surface area contributed by atoms with Crippen molar-refractivity contribution >= 4 is 23.2 Å². The number of hydrogen-bond donors (Lipinski definition) is 2. The first kappa shape index (κ1) is 12.9. The molecule has 1 aromatic rings. The third kappa shape index (κ3) is 3.40. The quantitative estimate of drug-likeness (QED) is 0.470. The number of carbonyl (C=O) groups is 2. The summed E-state index contributed by atoms with van der Waals surface area (Å²) in [5, 5.41) is 2.84. The van der Waals surface area contributed by atoms with Crippen LogP contribution in [0.25, 0.3) is 0 Å². The molecular formula is C8H7F3N4O2. The topological polar surface area (TPSA) is 87.2 Å². The zero-order valence-electron chi connectivity index (χ0n) is 8.50. The molecule has 1 heterocycles. The Labute approximate surface area is 92.9 Å². The van der Waals surface area contributed by atoms with E-state index in [9.17, 15) is 22.8 Å². The lowest BCUT2D eigenvalue weighted by Crippen LogP contribution is -2.35. The Morgan fingerprint density at radius 3 is 2.53 bits per heavy atom. The summed E-state index contributed by atoms with van der Waals surface area (Å²) in [7, 11) is 0. The van der Waals surface area contributed by atoms with Crippen molar-refractivity contribution in [1.29, 1.82) is 0 Å². The molecule has 2 N–H and O–H groups in total. The Kier molecular flexibility index (Phi) is 3.61. The summed E-state index contributed by atoms with van der Waals surface area (Å²) < 4.78 is 37.2. The molecule has 0 aromatic carbocycles. The van der Waals surface area contributed by atoms with Crippen LogP contribution in [0, 0.1) is 0 Å². The number of hydrazone groups is 1. The minimum atomic E-state index is -5.01. The van der Waals surface area contributed by atoms with Gasteiger partial charge in [-0.3, -0.25) is 9.59 Å². The van der Waals surface area contributed by atoms with Crippen LogP contribution < -0.4 is 5.43 Å². The van der Waals surface area contributed by atoms with Gasteiger partial charge in [0, 0.05) is 19.3 Å². The van der Waals surface area contributed by atoms with Gasteiger partial charge < -0.3 is 4.98 Å². The maximum atomic E-state index is 12.4. The average Bonchev–Trinajstić information content (AvgIpc) is 2.68. The molecule has 1 rings (SSSR count). The monoisotopic (exact) mass is 248 g/mol. The summed E-state index contributed by atoms with van der Waals surface area (Å²) in [6.45, 7) is 0.733. The van der Waals surface area contributed by atoms with Crippen molar-refractivity contribution in [3.8, 4) is 0 Å². The number of anilines is 1. The van der Waals surface area contributed by atoms with E-state index in [1.807, 2.05) is 5.43 Å². The molecular weight excluding hydrogens is 241 g/mol. The van der Waals surface area contributed by atoms with Crippen LogP contribution in [-0.4, -0.2) is 33.4 Å². The first-order chi connectivity index (χ1) is 7.82. The van der Waals surface area contributed by atoms with Crippen LogP contribution in [0.5, 0.6) is 0 Å². The van der Waals surface area contributed by atoms with Crippen LogP contribution >= 0.6 is 0 Å². The SMILES string of the molecule is CC(=O)C(=O)C(=NNc1ncc[nH]1)C(F)(F)F. The number of nitrogens with one attached hydrogen (secondary N) is 2. The molecule has 6 nitrogen and oxygen atoms in total. The number of halogens is 3. The van der Waals surface area contributed by atoms with E-state index < -0.39 is 23.5 Å². The summed E-state index contributed by atoms with van der Waals surface area (Å²) in [5.41, 5.74) is 0.0772. The van der Waals surface area contributed by atoms with Crippen molar-refractivity contribution in [3.05, 3.63) is 12.4 Å². The standard InChI is InChI=1S/C8H7F3N4O2/c1-4(16)5(17)6(8(9,10)11)14-15-7-12-2-3-13-7/h2-3H,1H3,(H2,12,13,15). The normalized spacial score (nSPS) is 12.4. The van der Waals surface area contributed by atoms with Gasteiger partial charge in [0.05, 0.1) is 0 Å². The molecule has 0 aliphatic carbocycles. The van der Waals surface area contributed by atoms with Gasteiger partial charge in [-0.15, -0.1) is 0 Å². The van der Waals surface area contributed by atoms with E-state index in [1.54, 1.807) is 0 Å². The average molecular weight is 248 g/mol. The number of nitrogens with zero attached hydrogens (tertiary/aromatic N) is 2. The third-order valence-corrected chi connectivity index (χ3v) is 1.58. The van der Waals surface area contributed by atoms with Gasteiger partial charge in [0.15, 0.2) is 0 Å². The number of carbonyl (C=O) groups excluding carboxylic acids is 2. The maximum absolute atomic E-state index is 12.4. The fraction of sp³-hybridized carbons (Fsp3) is 0.250.